The first-order valence-electron chi connectivity index (χ1n) is 6.04. The molecule has 1 unspecified atom stereocenters. The maximum Gasteiger partial charge on any atom is 0.0781 e. The number of hydrogen-bond donors (Lipinski definition) is 1. The lowest BCUT2D eigenvalue weighted by molar-refractivity contribution is 0.199. The van der Waals surface area contributed by atoms with Crippen LogP contribution in [0.15, 0.2) is 24.3 Å². The molecule has 90 valence electrons. The Labute approximate surface area is 98.9 Å². The van der Waals surface area contributed by atoms with Gasteiger partial charge in [-0.05, 0) is 18.9 Å². The summed E-state index contributed by atoms with van der Waals surface area (Å²) >= 11 is 0. The molecule has 0 aliphatic rings. The predicted octanol–water partition coefficient (Wildman–Crippen LogP) is 3.22. The normalized spacial score (nSPS) is 14.6. The molecule has 0 amide bonds. The molecular formula is C14H23NO. The van der Waals surface area contributed by atoms with Gasteiger partial charge >= 0.3 is 0 Å². The van der Waals surface area contributed by atoms with Crippen LogP contribution < -0.4 is 4.90 Å². The Balaban J connectivity index is 2.85. The van der Waals surface area contributed by atoms with Crippen LogP contribution in [-0.4, -0.2) is 18.7 Å². The van der Waals surface area contributed by atoms with Crippen LogP contribution in [0.2, 0.25) is 0 Å². The molecule has 0 aliphatic heterocycles. The molecule has 2 nitrogen and oxygen atoms in total. The van der Waals surface area contributed by atoms with Crippen molar-refractivity contribution in [2.45, 2.75) is 33.3 Å². The van der Waals surface area contributed by atoms with E-state index < -0.39 is 6.10 Å². The van der Waals surface area contributed by atoms with Gasteiger partial charge in [0, 0.05) is 24.8 Å². The minimum absolute atomic E-state index is 0.407. The molecule has 0 spiro atoms. The fraction of sp³-hybridized carbons (Fsp3) is 0.571. The highest BCUT2D eigenvalue weighted by molar-refractivity contribution is 5.53. The second-order valence-corrected chi connectivity index (χ2v) is 4.63. The Morgan fingerprint density at radius 3 is 2.44 bits per heavy atom. The van der Waals surface area contributed by atoms with Crippen LogP contribution in [0.3, 0.4) is 0 Å². The highest BCUT2D eigenvalue weighted by atomic mass is 16.3. The molecule has 0 saturated carbocycles. The van der Waals surface area contributed by atoms with E-state index in [0.717, 1.165) is 17.8 Å². The van der Waals surface area contributed by atoms with E-state index in [0.29, 0.717) is 5.92 Å². The maximum absolute atomic E-state index is 9.72. The highest BCUT2D eigenvalue weighted by Crippen LogP contribution is 2.25. The van der Waals surface area contributed by atoms with E-state index in [4.69, 9.17) is 0 Å². The van der Waals surface area contributed by atoms with Gasteiger partial charge in [0.15, 0.2) is 0 Å². The van der Waals surface area contributed by atoms with Crippen molar-refractivity contribution >= 4 is 5.69 Å². The van der Waals surface area contributed by atoms with Crippen LogP contribution in [0.1, 0.15) is 38.9 Å². The van der Waals surface area contributed by atoms with Crippen LogP contribution in [-0.2, 0) is 0 Å². The van der Waals surface area contributed by atoms with Crippen molar-refractivity contribution < 1.29 is 5.11 Å². The average Bonchev–Trinajstić information content (AvgIpc) is 2.28. The van der Waals surface area contributed by atoms with Crippen molar-refractivity contribution in [3.05, 3.63) is 29.8 Å². The molecule has 1 aromatic carbocycles. The molecule has 0 aromatic heterocycles. The van der Waals surface area contributed by atoms with Gasteiger partial charge in [0.1, 0.15) is 0 Å². The summed E-state index contributed by atoms with van der Waals surface area (Å²) in [5.74, 6) is 0.673. The third kappa shape index (κ3) is 3.24. The van der Waals surface area contributed by atoms with E-state index in [1.807, 2.05) is 25.1 Å². The number of rotatable bonds is 5. The van der Waals surface area contributed by atoms with Crippen LogP contribution in [0.25, 0.3) is 0 Å². The van der Waals surface area contributed by atoms with E-state index in [1.54, 1.807) is 0 Å². The lowest BCUT2D eigenvalue weighted by atomic mass is 10.1. The van der Waals surface area contributed by atoms with Crippen molar-refractivity contribution in [2.75, 3.05) is 18.5 Å². The summed E-state index contributed by atoms with van der Waals surface area (Å²) in [6.07, 6.45) is 0.775. The molecule has 1 rings (SSSR count). The topological polar surface area (TPSA) is 23.5 Å². The summed E-state index contributed by atoms with van der Waals surface area (Å²) < 4.78 is 0. The minimum Gasteiger partial charge on any atom is -0.389 e. The number of hydrogen-bond acceptors (Lipinski definition) is 2. The zero-order chi connectivity index (χ0) is 12.1. The summed E-state index contributed by atoms with van der Waals surface area (Å²) in [5.41, 5.74) is 2.14. The fourth-order valence-electron chi connectivity index (χ4n) is 1.88. The number of aliphatic hydroxyl groups excluding tert-OH is 1. The molecule has 0 aliphatic carbocycles. The molecule has 0 heterocycles. The molecule has 0 saturated heterocycles. The fourth-order valence-corrected chi connectivity index (χ4v) is 1.88. The number of benzene rings is 1. The molecule has 0 bridgehead atoms. The summed E-state index contributed by atoms with van der Waals surface area (Å²) in [6, 6.07) is 8.06. The zero-order valence-electron chi connectivity index (χ0n) is 10.8. The second-order valence-electron chi connectivity index (χ2n) is 4.63. The number of aliphatic hydroxyl groups is 1. The van der Waals surface area contributed by atoms with Crippen LogP contribution in [0.4, 0.5) is 5.69 Å². The van der Waals surface area contributed by atoms with Crippen molar-refractivity contribution in [1.29, 1.82) is 0 Å². The first-order valence-corrected chi connectivity index (χ1v) is 6.04. The molecule has 2 atom stereocenters. The summed E-state index contributed by atoms with van der Waals surface area (Å²) in [7, 11) is 2.09. The maximum atomic E-state index is 9.72. The van der Waals surface area contributed by atoms with Crippen molar-refractivity contribution in [2.24, 2.45) is 5.92 Å². The predicted molar refractivity (Wildman–Crippen MR) is 69.8 cm³/mol. The standard InChI is InChI=1S/C14H23NO/c1-5-11(2)10-15(4)14-9-7-6-8-13(14)12(3)16/h6-9,11-12,16H,5,10H2,1-4H3/t11?,12-/m0/s1. The van der Waals surface area contributed by atoms with Crippen molar-refractivity contribution in [3.8, 4) is 0 Å². The van der Waals surface area contributed by atoms with Crippen LogP contribution >= 0.6 is 0 Å². The third-order valence-corrected chi connectivity index (χ3v) is 3.08. The Morgan fingerprint density at radius 2 is 1.88 bits per heavy atom. The molecule has 16 heavy (non-hydrogen) atoms. The molecule has 1 N–H and O–H groups in total. The number of para-hydroxylation sites is 1. The van der Waals surface area contributed by atoms with Gasteiger partial charge in [-0.1, -0.05) is 38.5 Å². The first-order chi connectivity index (χ1) is 7.56. The third-order valence-electron chi connectivity index (χ3n) is 3.08. The summed E-state index contributed by atoms with van der Waals surface area (Å²) in [5, 5.41) is 9.72. The van der Waals surface area contributed by atoms with E-state index in [1.165, 1.54) is 6.42 Å². The molecule has 1 aromatic rings. The van der Waals surface area contributed by atoms with Gasteiger partial charge in [-0.3, -0.25) is 0 Å². The summed E-state index contributed by atoms with van der Waals surface area (Å²) in [4.78, 5) is 2.23. The van der Waals surface area contributed by atoms with Gasteiger partial charge < -0.3 is 10.0 Å². The Kier molecular flexibility index (Phi) is 4.81. The van der Waals surface area contributed by atoms with Crippen molar-refractivity contribution in [3.63, 3.8) is 0 Å². The van der Waals surface area contributed by atoms with E-state index in [-0.39, 0.29) is 0 Å². The lowest BCUT2D eigenvalue weighted by Gasteiger charge is -2.26. The highest BCUT2D eigenvalue weighted by Gasteiger charge is 2.12. The molecule has 0 fully saturated rings. The second kappa shape index (κ2) is 5.90. The van der Waals surface area contributed by atoms with Gasteiger partial charge in [-0.15, -0.1) is 0 Å². The van der Waals surface area contributed by atoms with Crippen LogP contribution in [0, 0.1) is 5.92 Å². The number of anilines is 1. The average molecular weight is 221 g/mol. The Hall–Kier alpha value is -1.02. The zero-order valence-corrected chi connectivity index (χ0v) is 10.8. The van der Waals surface area contributed by atoms with E-state index in [2.05, 4.69) is 31.9 Å². The first kappa shape index (κ1) is 13.0. The Bertz CT molecular complexity index is 322. The number of nitrogens with zero attached hydrogens (tertiary/aromatic N) is 1. The quantitative estimate of drug-likeness (QED) is 0.825. The summed E-state index contributed by atoms with van der Waals surface area (Å²) in [6.45, 7) is 7.30. The van der Waals surface area contributed by atoms with Crippen molar-refractivity contribution in [1.82, 2.24) is 0 Å². The van der Waals surface area contributed by atoms with E-state index >= 15 is 0 Å². The minimum atomic E-state index is -0.407. The lowest BCUT2D eigenvalue weighted by Crippen LogP contribution is -2.24. The molecular weight excluding hydrogens is 198 g/mol. The van der Waals surface area contributed by atoms with Gasteiger partial charge in [0.25, 0.3) is 0 Å². The SMILES string of the molecule is CCC(C)CN(C)c1ccccc1[C@H](C)O. The van der Waals surface area contributed by atoms with Gasteiger partial charge in [-0.25, -0.2) is 0 Å². The monoisotopic (exact) mass is 221 g/mol. The molecule has 2 heteroatoms. The van der Waals surface area contributed by atoms with E-state index in [9.17, 15) is 5.11 Å². The van der Waals surface area contributed by atoms with Gasteiger partial charge in [-0.2, -0.15) is 0 Å². The largest absolute Gasteiger partial charge is 0.389 e. The smallest absolute Gasteiger partial charge is 0.0781 e. The molecule has 0 radical (unpaired) electrons. The van der Waals surface area contributed by atoms with Gasteiger partial charge in [0.2, 0.25) is 0 Å². The van der Waals surface area contributed by atoms with Crippen LogP contribution in [0.5, 0.6) is 0 Å². The van der Waals surface area contributed by atoms with Gasteiger partial charge in [0.05, 0.1) is 6.10 Å². The Morgan fingerprint density at radius 1 is 1.25 bits per heavy atom.